The van der Waals surface area contributed by atoms with Crippen LogP contribution < -0.4 is 5.32 Å². The highest BCUT2D eigenvalue weighted by Gasteiger charge is 2.36. The molecular weight excluding hydrogens is 262 g/mol. The first-order chi connectivity index (χ1) is 9.71. The van der Waals surface area contributed by atoms with Crippen LogP contribution in [0.5, 0.6) is 0 Å². The first-order valence-electron chi connectivity index (χ1n) is 7.79. The molecule has 0 aliphatic heterocycles. The summed E-state index contributed by atoms with van der Waals surface area (Å²) in [7, 11) is 0. The lowest BCUT2D eigenvalue weighted by atomic mass is 9.71. The lowest BCUT2D eigenvalue weighted by molar-refractivity contribution is -0.0233. The Bertz CT molecular complexity index is 524. The Morgan fingerprint density at radius 1 is 1.19 bits per heavy atom. The van der Waals surface area contributed by atoms with Crippen LogP contribution in [0.4, 0.5) is 0 Å². The maximum atomic E-state index is 12.3. The SMILES string of the molecule is Cc1ccc(C(=O)NCC2(O)CCC(C)(C)CC2)c(C)c1. The molecule has 1 aromatic carbocycles. The molecule has 0 aromatic heterocycles. The molecule has 1 aliphatic carbocycles. The molecule has 0 heterocycles. The summed E-state index contributed by atoms with van der Waals surface area (Å²) < 4.78 is 0. The van der Waals surface area contributed by atoms with Gasteiger partial charge in [-0.1, -0.05) is 31.5 Å². The monoisotopic (exact) mass is 289 g/mol. The number of hydrogen-bond acceptors (Lipinski definition) is 2. The van der Waals surface area contributed by atoms with Crippen LogP contribution in [0, 0.1) is 19.3 Å². The van der Waals surface area contributed by atoms with Crippen molar-refractivity contribution in [2.24, 2.45) is 5.41 Å². The van der Waals surface area contributed by atoms with Gasteiger partial charge < -0.3 is 10.4 Å². The fraction of sp³-hybridized carbons (Fsp3) is 0.611. The first-order valence-corrected chi connectivity index (χ1v) is 7.79. The van der Waals surface area contributed by atoms with Crippen LogP contribution in [0.25, 0.3) is 0 Å². The molecule has 0 unspecified atom stereocenters. The fourth-order valence-corrected chi connectivity index (χ4v) is 2.98. The molecule has 2 rings (SSSR count). The quantitative estimate of drug-likeness (QED) is 0.896. The fourth-order valence-electron chi connectivity index (χ4n) is 2.98. The summed E-state index contributed by atoms with van der Waals surface area (Å²) in [5, 5.41) is 13.5. The van der Waals surface area contributed by atoms with E-state index in [4.69, 9.17) is 0 Å². The maximum absolute atomic E-state index is 12.3. The number of rotatable bonds is 3. The van der Waals surface area contributed by atoms with Crippen LogP contribution in [0.3, 0.4) is 0 Å². The van der Waals surface area contributed by atoms with Crippen molar-refractivity contribution in [3.05, 3.63) is 34.9 Å². The Hall–Kier alpha value is -1.35. The second-order valence-electron chi connectivity index (χ2n) is 7.39. The second kappa shape index (κ2) is 5.80. The van der Waals surface area contributed by atoms with Crippen molar-refractivity contribution in [1.29, 1.82) is 0 Å². The number of nitrogens with one attached hydrogen (secondary N) is 1. The number of amides is 1. The van der Waals surface area contributed by atoms with Crippen LogP contribution >= 0.6 is 0 Å². The Morgan fingerprint density at radius 2 is 1.81 bits per heavy atom. The summed E-state index contributed by atoms with van der Waals surface area (Å²) in [6, 6.07) is 5.81. The van der Waals surface area contributed by atoms with E-state index in [0.717, 1.165) is 36.8 Å². The van der Waals surface area contributed by atoms with Crippen molar-refractivity contribution in [2.45, 2.75) is 59.0 Å². The number of benzene rings is 1. The van der Waals surface area contributed by atoms with Crippen LogP contribution in [0.15, 0.2) is 18.2 Å². The molecule has 1 saturated carbocycles. The van der Waals surface area contributed by atoms with Crippen molar-refractivity contribution in [3.8, 4) is 0 Å². The molecule has 1 amide bonds. The van der Waals surface area contributed by atoms with Crippen molar-refractivity contribution >= 4 is 5.91 Å². The van der Waals surface area contributed by atoms with Crippen LogP contribution in [0.1, 0.15) is 61.0 Å². The second-order valence-corrected chi connectivity index (χ2v) is 7.39. The van der Waals surface area contributed by atoms with E-state index < -0.39 is 5.60 Å². The van der Waals surface area contributed by atoms with E-state index in [1.807, 2.05) is 32.0 Å². The van der Waals surface area contributed by atoms with Gasteiger partial charge in [0.1, 0.15) is 0 Å². The third-order valence-corrected chi connectivity index (χ3v) is 4.74. The summed E-state index contributed by atoms with van der Waals surface area (Å²) >= 11 is 0. The third-order valence-electron chi connectivity index (χ3n) is 4.74. The van der Waals surface area contributed by atoms with Gasteiger partial charge in [-0.2, -0.15) is 0 Å². The molecule has 0 bridgehead atoms. The average molecular weight is 289 g/mol. The molecule has 1 aromatic rings. The van der Waals surface area contributed by atoms with E-state index in [2.05, 4.69) is 19.2 Å². The number of carbonyl (C=O) groups excluding carboxylic acids is 1. The molecule has 2 N–H and O–H groups in total. The average Bonchev–Trinajstić information content (AvgIpc) is 2.40. The van der Waals surface area contributed by atoms with Gasteiger partial charge in [-0.05, 0) is 56.6 Å². The highest BCUT2D eigenvalue weighted by Crippen LogP contribution is 2.39. The van der Waals surface area contributed by atoms with E-state index >= 15 is 0 Å². The van der Waals surface area contributed by atoms with Gasteiger partial charge in [0.2, 0.25) is 0 Å². The van der Waals surface area contributed by atoms with Crippen molar-refractivity contribution in [1.82, 2.24) is 5.32 Å². The standard InChI is InChI=1S/C18H27NO2/c1-13-5-6-15(14(2)11-13)16(20)19-12-18(21)9-7-17(3,4)8-10-18/h5-6,11,21H,7-10,12H2,1-4H3,(H,19,20). The van der Waals surface area contributed by atoms with Gasteiger partial charge >= 0.3 is 0 Å². The van der Waals surface area contributed by atoms with E-state index in [0.29, 0.717) is 17.5 Å². The first kappa shape index (κ1) is 16.0. The summed E-state index contributed by atoms with van der Waals surface area (Å²) in [6.45, 7) is 8.78. The summed E-state index contributed by atoms with van der Waals surface area (Å²) in [4.78, 5) is 12.3. The lowest BCUT2D eigenvalue weighted by Gasteiger charge is -2.40. The summed E-state index contributed by atoms with van der Waals surface area (Å²) in [6.07, 6.45) is 3.52. The normalized spacial score (nSPS) is 20.0. The minimum atomic E-state index is -0.746. The van der Waals surface area contributed by atoms with Gasteiger partial charge in [-0.25, -0.2) is 0 Å². The lowest BCUT2D eigenvalue weighted by Crippen LogP contribution is -2.46. The molecule has 0 radical (unpaired) electrons. The number of hydrogen-bond donors (Lipinski definition) is 2. The van der Waals surface area contributed by atoms with E-state index in [-0.39, 0.29) is 5.91 Å². The summed E-state index contributed by atoms with van der Waals surface area (Å²) in [5.41, 5.74) is 2.38. The highest BCUT2D eigenvalue weighted by atomic mass is 16.3. The molecule has 3 heteroatoms. The van der Waals surface area contributed by atoms with Crippen molar-refractivity contribution < 1.29 is 9.90 Å². The predicted octanol–water partition coefficient (Wildman–Crippen LogP) is 3.36. The maximum Gasteiger partial charge on any atom is 0.251 e. The molecule has 0 saturated heterocycles. The zero-order chi connectivity index (χ0) is 15.7. The van der Waals surface area contributed by atoms with E-state index in [1.54, 1.807) is 0 Å². The molecule has 3 nitrogen and oxygen atoms in total. The Morgan fingerprint density at radius 3 is 2.38 bits per heavy atom. The van der Waals surface area contributed by atoms with Gasteiger partial charge in [-0.3, -0.25) is 4.79 Å². The van der Waals surface area contributed by atoms with Crippen molar-refractivity contribution in [2.75, 3.05) is 6.54 Å². The molecule has 116 valence electrons. The Kier molecular flexibility index (Phi) is 4.43. The Labute approximate surface area is 127 Å². The van der Waals surface area contributed by atoms with Gasteiger partial charge in [0, 0.05) is 12.1 Å². The zero-order valence-electron chi connectivity index (χ0n) is 13.6. The van der Waals surface area contributed by atoms with Crippen molar-refractivity contribution in [3.63, 3.8) is 0 Å². The van der Waals surface area contributed by atoms with Gasteiger partial charge in [0.15, 0.2) is 0 Å². The predicted molar refractivity (Wildman–Crippen MR) is 85.4 cm³/mol. The number of carbonyl (C=O) groups is 1. The smallest absolute Gasteiger partial charge is 0.251 e. The minimum absolute atomic E-state index is 0.0919. The Balaban J connectivity index is 1.95. The molecule has 1 aliphatic rings. The topological polar surface area (TPSA) is 49.3 Å². The largest absolute Gasteiger partial charge is 0.388 e. The molecule has 0 spiro atoms. The third kappa shape index (κ3) is 4.07. The van der Waals surface area contributed by atoms with Crippen LogP contribution in [0.2, 0.25) is 0 Å². The van der Waals surface area contributed by atoms with E-state index in [1.165, 1.54) is 0 Å². The van der Waals surface area contributed by atoms with E-state index in [9.17, 15) is 9.90 Å². The zero-order valence-corrected chi connectivity index (χ0v) is 13.6. The molecule has 0 atom stereocenters. The number of aliphatic hydroxyl groups is 1. The molecular formula is C18H27NO2. The number of aryl methyl sites for hydroxylation is 2. The summed E-state index contributed by atoms with van der Waals surface area (Å²) in [5.74, 6) is -0.0919. The van der Waals surface area contributed by atoms with Gasteiger partial charge in [-0.15, -0.1) is 0 Å². The van der Waals surface area contributed by atoms with Crippen LogP contribution in [-0.4, -0.2) is 23.2 Å². The van der Waals surface area contributed by atoms with Crippen LogP contribution in [-0.2, 0) is 0 Å². The molecule has 21 heavy (non-hydrogen) atoms. The van der Waals surface area contributed by atoms with Gasteiger partial charge in [0.05, 0.1) is 5.60 Å². The van der Waals surface area contributed by atoms with Gasteiger partial charge in [0.25, 0.3) is 5.91 Å². The molecule has 1 fully saturated rings. The minimum Gasteiger partial charge on any atom is -0.388 e. The highest BCUT2D eigenvalue weighted by molar-refractivity contribution is 5.95.